The van der Waals surface area contributed by atoms with Gasteiger partial charge < -0.3 is 5.11 Å². The monoisotopic (exact) mass is 236 g/mol. The largest absolute Gasteiger partial charge is 0.391 e. The minimum Gasteiger partial charge on any atom is -0.391 e. The second-order valence-corrected chi connectivity index (χ2v) is 5.49. The van der Waals surface area contributed by atoms with Gasteiger partial charge in [-0.1, -0.05) is 19.3 Å². The molecule has 2 aliphatic carbocycles. The maximum Gasteiger partial charge on any atom is 0.251 e. The number of rotatable bonds is 1. The highest BCUT2D eigenvalue weighted by atomic mass is 16.3. The van der Waals surface area contributed by atoms with Crippen LogP contribution >= 0.6 is 0 Å². The van der Waals surface area contributed by atoms with Crippen LogP contribution in [0.15, 0.2) is 5.10 Å². The molecule has 0 aromatic rings. The molecule has 2 saturated carbocycles. The first-order chi connectivity index (χ1) is 8.27. The van der Waals surface area contributed by atoms with E-state index in [1.807, 2.05) is 0 Å². The third-order valence-corrected chi connectivity index (χ3v) is 4.35. The molecule has 0 aromatic carbocycles. The van der Waals surface area contributed by atoms with Crippen molar-refractivity contribution in [1.82, 2.24) is 5.01 Å². The summed E-state index contributed by atoms with van der Waals surface area (Å²) in [4.78, 5) is 12.2. The van der Waals surface area contributed by atoms with Gasteiger partial charge in [0.25, 0.3) is 5.91 Å². The fraction of sp³-hybridized carbons (Fsp3) is 0.846. The Kier molecular flexibility index (Phi) is 2.90. The Bertz CT molecular complexity index is 353. The lowest BCUT2D eigenvalue weighted by Crippen LogP contribution is -2.42. The zero-order chi connectivity index (χ0) is 11.8. The number of fused-ring (bicyclic) bond motifs is 1. The van der Waals surface area contributed by atoms with Gasteiger partial charge in [0.2, 0.25) is 0 Å². The van der Waals surface area contributed by atoms with E-state index in [2.05, 4.69) is 5.10 Å². The predicted octanol–water partition coefficient (Wildman–Crippen LogP) is 1.68. The third-order valence-electron chi connectivity index (χ3n) is 4.35. The molecule has 3 unspecified atom stereocenters. The Hall–Kier alpha value is -0.900. The first-order valence-electron chi connectivity index (χ1n) is 6.86. The molecule has 3 atom stereocenters. The Morgan fingerprint density at radius 2 is 1.94 bits per heavy atom. The van der Waals surface area contributed by atoms with Gasteiger partial charge in [-0.05, 0) is 32.1 Å². The van der Waals surface area contributed by atoms with Crippen LogP contribution in [0.3, 0.4) is 0 Å². The lowest BCUT2D eigenvalue weighted by atomic mass is 10.0. The topological polar surface area (TPSA) is 52.9 Å². The Labute approximate surface area is 102 Å². The first kappa shape index (κ1) is 11.2. The molecule has 0 spiro atoms. The normalized spacial score (nSPS) is 37.9. The minimum absolute atomic E-state index is 0.0467. The molecular weight excluding hydrogens is 216 g/mol. The summed E-state index contributed by atoms with van der Waals surface area (Å²) in [6.45, 7) is 0. The Morgan fingerprint density at radius 3 is 2.76 bits per heavy atom. The SMILES string of the molecule is O=C1C2CCCC2=NN1C1CCCCCC1O. The number of hydrogen-bond acceptors (Lipinski definition) is 3. The minimum atomic E-state index is -0.385. The number of aliphatic hydroxyl groups is 1. The molecule has 3 rings (SSSR count). The highest BCUT2D eigenvalue weighted by Crippen LogP contribution is 2.34. The van der Waals surface area contributed by atoms with E-state index in [0.717, 1.165) is 57.1 Å². The van der Waals surface area contributed by atoms with Gasteiger partial charge in [0.05, 0.1) is 23.8 Å². The molecule has 17 heavy (non-hydrogen) atoms. The second kappa shape index (κ2) is 4.41. The molecule has 1 amide bonds. The molecule has 1 heterocycles. The van der Waals surface area contributed by atoms with Gasteiger partial charge in [0.15, 0.2) is 0 Å². The molecule has 1 aliphatic heterocycles. The van der Waals surface area contributed by atoms with Gasteiger partial charge in [-0.25, -0.2) is 5.01 Å². The van der Waals surface area contributed by atoms with Crippen molar-refractivity contribution in [2.75, 3.05) is 0 Å². The molecule has 0 radical (unpaired) electrons. The van der Waals surface area contributed by atoms with Crippen LogP contribution in [0.5, 0.6) is 0 Å². The lowest BCUT2D eigenvalue weighted by molar-refractivity contribution is -0.136. The van der Waals surface area contributed by atoms with E-state index in [9.17, 15) is 9.90 Å². The van der Waals surface area contributed by atoms with Crippen LogP contribution in [0.1, 0.15) is 51.4 Å². The quantitative estimate of drug-likeness (QED) is 0.704. The van der Waals surface area contributed by atoms with Crippen LogP contribution in [0, 0.1) is 5.92 Å². The Balaban J connectivity index is 1.79. The molecule has 2 fully saturated rings. The van der Waals surface area contributed by atoms with Crippen LogP contribution in [0.25, 0.3) is 0 Å². The first-order valence-corrected chi connectivity index (χ1v) is 6.86. The van der Waals surface area contributed by atoms with Crippen LogP contribution in [-0.2, 0) is 4.79 Å². The predicted molar refractivity (Wildman–Crippen MR) is 64.5 cm³/mol. The van der Waals surface area contributed by atoms with Crippen molar-refractivity contribution in [1.29, 1.82) is 0 Å². The third kappa shape index (κ3) is 1.88. The van der Waals surface area contributed by atoms with Gasteiger partial charge in [-0.3, -0.25) is 4.79 Å². The molecular formula is C13H20N2O2. The van der Waals surface area contributed by atoms with Gasteiger partial charge in [-0.15, -0.1) is 0 Å². The molecule has 1 N–H and O–H groups in total. The fourth-order valence-corrected chi connectivity index (χ4v) is 3.35. The molecule has 4 nitrogen and oxygen atoms in total. The smallest absolute Gasteiger partial charge is 0.251 e. The molecule has 4 heteroatoms. The van der Waals surface area contributed by atoms with E-state index in [-0.39, 0.29) is 24.0 Å². The fourth-order valence-electron chi connectivity index (χ4n) is 3.35. The molecule has 0 saturated heterocycles. The summed E-state index contributed by atoms with van der Waals surface area (Å²) in [5.74, 6) is 0.189. The van der Waals surface area contributed by atoms with E-state index >= 15 is 0 Å². The molecule has 0 aromatic heterocycles. The molecule has 0 bridgehead atoms. The number of carbonyl (C=O) groups excluding carboxylic acids is 1. The van der Waals surface area contributed by atoms with Gasteiger partial charge >= 0.3 is 0 Å². The van der Waals surface area contributed by atoms with Crippen LogP contribution < -0.4 is 0 Å². The van der Waals surface area contributed by atoms with Gasteiger partial charge in [0, 0.05) is 0 Å². The van der Waals surface area contributed by atoms with Crippen molar-refractivity contribution < 1.29 is 9.90 Å². The second-order valence-electron chi connectivity index (χ2n) is 5.49. The van der Waals surface area contributed by atoms with E-state index in [1.165, 1.54) is 0 Å². The average Bonchev–Trinajstić information content (AvgIpc) is 2.81. The summed E-state index contributed by atoms with van der Waals surface area (Å²) >= 11 is 0. The molecule has 3 aliphatic rings. The van der Waals surface area contributed by atoms with Crippen LogP contribution in [0.2, 0.25) is 0 Å². The number of nitrogens with zero attached hydrogens (tertiary/aromatic N) is 2. The maximum absolute atomic E-state index is 12.2. The number of carbonyl (C=O) groups is 1. The lowest BCUT2D eigenvalue weighted by Gasteiger charge is -2.28. The number of amides is 1. The summed E-state index contributed by atoms with van der Waals surface area (Å²) in [6.07, 6.45) is 7.67. The highest BCUT2D eigenvalue weighted by Gasteiger charge is 2.43. The van der Waals surface area contributed by atoms with Crippen molar-refractivity contribution in [3.8, 4) is 0 Å². The maximum atomic E-state index is 12.2. The Morgan fingerprint density at radius 1 is 1.12 bits per heavy atom. The van der Waals surface area contributed by atoms with Crippen molar-refractivity contribution in [2.45, 2.75) is 63.5 Å². The van der Waals surface area contributed by atoms with E-state index < -0.39 is 0 Å². The van der Waals surface area contributed by atoms with E-state index in [1.54, 1.807) is 5.01 Å². The van der Waals surface area contributed by atoms with Crippen LogP contribution in [-0.4, -0.2) is 33.9 Å². The number of hydrogen-bond donors (Lipinski definition) is 1. The standard InChI is InChI=1S/C13H20N2O2/c16-12-8-3-1-2-7-11(12)15-13(17)9-5-4-6-10(9)14-15/h9,11-12,16H,1-8H2. The summed E-state index contributed by atoms with van der Waals surface area (Å²) in [6, 6.07) is -0.0666. The van der Waals surface area contributed by atoms with E-state index in [0.29, 0.717) is 0 Å². The summed E-state index contributed by atoms with van der Waals surface area (Å²) in [5, 5.41) is 16.2. The van der Waals surface area contributed by atoms with Crippen molar-refractivity contribution in [3.63, 3.8) is 0 Å². The van der Waals surface area contributed by atoms with Crippen LogP contribution in [0.4, 0.5) is 0 Å². The van der Waals surface area contributed by atoms with Crippen molar-refractivity contribution in [2.24, 2.45) is 11.0 Å². The van der Waals surface area contributed by atoms with Gasteiger partial charge in [-0.2, -0.15) is 5.10 Å². The highest BCUT2D eigenvalue weighted by molar-refractivity contribution is 6.09. The zero-order valence-electron chi connectivity index (χ0n) is 10.1. The summed E-state index contributed by atoms with van der Waals surface area (Å²) < 4.78 is 0. The number of aliphatic hydroxyl groups excluding tert-OH is 1. The van der Waals surface area contributed by atoms with Crippen molar-refractivity contribution in [3.05, 3.63) is 0 Å². The molecule has 94 valence electrons. The average molecular weight is 236 g/mol. The van der Waals surface area contributed by atoms with E-state index in [4.69, 9.17) is 0 Å². The summed E-state index contributed by atoms with van der Waals surface area (Å²) in [5.41, 5.74) is 1.06. The zero-order valence-corrected chi connectivity index (χ0v) is 10.1. The summed E-state index contributed by atoms with van der Waals surface area (Å²) in [7, 11) is 0. The van der Waals surface area contributed by atoms with Gasteiger partial charge in [0.1, 0.15) is 0 Å². The number of hydrazone groups is 1. The van der Waals surface area contributed by atoms with Crippen molar-refractivity contribution >= 4 is 11.6 Å².